The molecule has 3 rings (SSSR count). The molecular formula is C23H28N2O5S. The first-order valence-electron chi connectivity index (χ1n) is 10.4. The highest BCUT2D eigenvalue weighted by Crippen LogP contribution is 2.44. The van der Waals surface area contributed by atoms with Gasteiger partial charge in [0.05, 0.1) is 17.7 Å². The molecule has 1 aliphatic carbocycles. The van der Waals surface area contributed by atoms with E-state index in [1.165, 1.54) is 35.9 Å². The van der Waals surface area contributed by atoms with Crippen LogP contribution in [0, 0.1) is 11.3 Å². The lowest BCUT2D eigenvalue weighted by molar-refractivity contribution is -0.119. The molecule has 1 aliphatic rings. The highest BCUT2D eigenvalue weighted by molar-refractivity contribution is 7.17. The van der Waals surface area contributed by atoms with Gasteiger partial charge in [-0.3, -0.25) is 9.78 Å². The quantitative estimate of drug-likeness (QED) is 0.669. The standard InChI is InChI=1S/C23H28N2O5S/c1-5-29-22(28)19-16-7-6-15(23(2,3)4)12-17(16)31-20(19)25-18(26)13-30-21(27)14-8-10-24-11-9-14/h8-11,15H,5-7,12-13H2,1-4H3,(H,25,26). The van der Waals surface area contributed by atoms with Gasteiger partial charge < -0.3 is 14.8 Å². The van der Waals surface area contributed by atoms with Gasteiger partial charge in [0.15, 0.2) is 6.61 Å². The number of pyridine rings is 1. The molecule has 0 bridgehead atoms. The molecule has 1 amide bonds. The van der Waals surface area contributed by atoms with Gasteiger partial charge in [-0.25, -0.2) is 9.59 Å². The number of anilines is 1. The zero-order chi connectivity index (χ0) is 22.6. The van der Waals surface area contributed by atoms with E-state index >= 15 is 0 Å². The Kier molecular flexibility index (Phi) is 7.10. The molecule has 0 aliphatic heterocycles. The van der Waals surface area contributed by atoms with Gasteiger partial charge in [-0.05, 0) is 55.2 Å². The lowest BCUT2D eigenvalue weighted by Gasteiger charge is -2.33. The van der Waals surface area contributed by atoms with Gasteiger partial charge in [0.1, 0.15) is 5.00 Å². The normalized spacial score (nSPS) is 15.7. The summed E-state index contributed by atoms with van der Waals surface area (Å²) in [6.45, 7) is 8.23. The fourth-order valence-corrected chi connectivity index (χ4v) is 5.03. The van der Waals surface area contributed by atoms with Crippen molar-refractivity contribution in [3.05, 3.63) is 46.1 Å². The molecule has 1 N–H and O–H groups in total. The summed E-state index contributed by atoms with van der Waals surface area (Å²) in [4.78, 5) is 42.1. The summed E-state index contributed by atoms with van der Waals surface area (Å²) in [5, 5.41) is 3.22. The van der Waals surface area contributed by atoms with Crippen molar-refractivity contribution in [1.82, 2.24) is 4.98 Å². The topological polar surface area (TPSA) is 94.6 Å². The van der Waals surface area contributed by atoms with Crippen LogP contribution >= 0.6 is 11.3 Å². The van der Waals surface area contributed by atoms with E-state index in [0.717, 1.165) is 29.7 Å². The fourth-order valence-electron chi connectivity index (χ4n) is 3.70. The number of esters is 2. The van der Waals surface area contributed by atoms with Crippen LogP contribution in [-0.4, -0.2) is 36.0 Å². The van der Waals surface area contributed by atoms with Crippen molar-refractivity contribution in [3.63, 3.8) is 0 Å². The minimum atomic E-state index is -0.610. The number of thiophene rings is 1. The molecule has 0 saturated carbocycles. The van der Waals surface area contributed by atoms with Crippen LogP contribution in [0.4, 0.5) is 5.00 Å². The summed E-state index contributed by atoms with van der Waals surface area (Å²) in [7, 11) is 0. The van der Waals surface area contributed by atoms with E-state index in [-0.39, 0.29) is 12.0 Å². The first kappa shape index (κ1) is 22.9. The third-order valence-electron chi connectivity index (χ3n) is 5.47. The van der Waals surface area contributed by atoms with E-state index in [9.17, 15) is 14.4 Å². The molecule has 2 aromatic heterocycles. The number of carbonyl (C=O) groups is 3. The molecule has 166 valence electrons. The van der Waals surface area contributed by atoms with Crippen molar-refractivity contribution >= 4 is 34.2 Å². The summed E-state index contributed by atoms with van der Waals surface area (Å²) in [6.07, 6.45) is 5.57. The largest absolute Gasteiger partial charge is 0.462 e. The Labute approximate surface area is 186 Å². The Morgan fingerprint density at radius 3 is 2.52 bits per heavy atom. The van der Waals surface area contributed by atoms with Crippen molar-refractivity contribution in [2.24, 2.45) is 11.3 Å². The van der Waals surface area contributed by atoms with Gasteiger partial charge in [-0.1, -0.05) is 20.8 Å². The number of amides is 1. The minimum absolute atomic E-state index is 0.163. The second kappa shape index (κ2) is 9.60. The minimum Gasteiger partial charge on any atom is -0.462 e. The Morgan fingerprint density at radius 2 is 1.87 bits per heavy atom. The maximum atomic E-state index is 12.7. The first-order chi connectivity index (χ1) is 14.7. The number of nitrogens with zero attached hydrogens (tertiary/aromatic N) is 1. The van der Waals surface area contributed by atoms with Crippen molar-refractivity contribution in [2.75, 3.05) is 18.5 Å². The molecule has 0 saturated heterocycles. The molecule has 1 atom stereocenters. The number of carbonyl (C=O) groups excluding carboxylic acids is 3. The van der Waals surface area contributed by atoms with E-state index in [1.807, 2.05) is 0 Å². The summed E-state index contributed by atoms with van der Waals surface area (Å²) in [5.74, 6) is -1.04. The second-order valence-corrected chi connectivity index (χ2v) is 9.70. The number of nitrogens with one attached hydrogen (secondary N) is 1. The Morgan fingerprint density at radius 1 is 1.16 bits per heavy atom. The first-order valence-corrected chi connectivity index (χ1v) is 11.2. The fraction of sp³-hybridized carbons (Fsp3) is 0.478. The summed E-state index contributed by atoms with van der Waals surface area (Å²) in [6, 6.07) is 3.02. The SMILES string of the molecule is CCOC(=O)c1c(NC(=O)COC(=O)c2ccncc2)sc2c1CCC(C(C)(C)C)C2. The van der Waals surface area contributed by atoms with Gasteiger partial charge in [0.2, 0.25) is 0 Å². The maximum absolute atomic E-state index is 12.7. The van der Waals surface area contributed by atoms with Crippen LogP contribution in [0.5, 0.6) is 0 Å². The van der Waals surface area contributed by atoms with E-state index in [1.54, 1.807) is 6.92 Å². The van der Waals surface area contributed by atoms with Gasteiger partial charge in [0, 0.05) is 17.3 Å². The zero-order valence-electron chi connectivity index (χ0n) is 18.3. The second-order valence-electron chi connectivity index (χ2n) is 8.59. The lowest BCUT2D eigenvalue weighted by Crippen LogP contribution is -2.26. The predicted octanol–water partition coefficient (Wildman–Crippen LogP) is 4.27. The molecule has 0 spiro atoms. The van der Waals surface area contributed by atoms with Crippen molar-refractivity contribution in [1.29, 1.82) is 0 Å². The van der Waals surface area contributed by atoms with E-state index in [2.05, 4.69) is 31.1 Å². The maximum Gasteiger partial charge on any atom is 0.341 e. The van der Waals surface area contributed by atoms with Crippen LogP contribution in [0.3, 0.4) is 0 Å². The summed E-state index contributed by atoms with van der Waals surface area (Å²) >= 11 is 1.41. The Hall–Kier alpha value is -2.74. The molecular weight excluding hydrogens is 416 g/mol. The van der Waals surface area contributed by atoms with Crippen molar-refractivity contribution in [2.45, 2.75) is 47.0 Å². The Bertz CT molecular complexity index is 962. The van der Waals surface area contributed by atoms with E-state index < -0.39 is 24.5 Å². The average Bonchev–Trinajstić information content (AvgIpc) is 3.09. The van der Waals surface area contributed by atoms with Crippen molar-refractivity contribution in [3.8, 4) is 0 Å². The third kappa shape index (κ3) is 5.50. The monoisotopic (exact) mass is 444 g/mol. The smallest absolute Gasteiger partial charge is 0.341 e. The van der Waals surface area contributed by atoms with Gasteiger partial charge in [-0.2, -0.15) is 0 Å². The number of hydrogen-bond acceptors (Lipinski definition) is 7. The van der Waals surface area contributed by atoms with Crippen LogP contribution in [0.1, 0.15) is 65.3 Å². The van der Waals surface area contributed by atoms with Crippen LogP contribution in [0.15, 0.2) is 24.5 Å². The molecule has 8 heteroatoms. The summed E-state index contributed by atoms with van der Waals surface area (Å²) < 4.78 is 10.3. The summed E-state index contributed by atoms with van der Waals surface area (Å²) in [5.41, 5.74) is 1.88. The average molecular weight is 445 g/mol. The number of ether oxygens (including phenoxy) is 2. The number of hydrogen-bond donors (Lipinski definition) is 1. The molecule has 2 aromatic rings. The molecule has 0 fully saturated rings. The van der Waals surface area contributed by atoms with E-state index in [4.69, 9.17) is 9.47 Å². The molecule has 1 unspecified atom stereocenters. The number of fused-ring (bicyclic) bond motifs is 1. The number of aromatic nitrogens is 1. The number of rotatable bonds is 6. The highest BCUT2D eigenvalue weighted by Gasteiger charge is 2.34. The molecule has 7 nitrogen and oxygen atoms in total. The third-order valence-corrected chi connectivity index (χ3v) is 6.64. The van der Waals surface area contributed by atoms with Crippen LogP contribution < -0.4 is 5.32 Å². The van der Waals surface area contributed by atoms with Crippen LogP contribution in [0.25, 0.3) is 0 Å². The van der Waals surface area contributed by atoms with Gasteiger partial charge >= 0.3 is 11.9 Å². The van der Waals surface area contributed by atoms with Gasteiger partial charge in [0.25, 0.3) is 5.91 Å². The van der Waals surface area contributed by atoms with Crippen molar-refractivity contribution < 1.29 is 23.9 Å². The zero-order valence-corrected chi connectivity index (χ0v) is 19.1. The molecule has 0 radical (unpaired) electrons. The lowest BCUT2D eigenvalue weighted by atomic mass is 9.72. The Balaban J connectivity index is 1.75. The predicted molar refractivity (Wildman–Crippen MR) is 118 cm³/mol. The van der Waals surface area contributed by atoms with Gasteiger partial charge in [-0.15, -0.1) is 11.3 Å². The highest BCUT2D eigenvalue weighted by atomic mass is 32.1. The molecule has 31 heavy (non-hydrogen) atoms. The molecule has 2 heterocycles. The van der Waals surface area contributed by atoms with E-state index in [0.29, 0.717) is 22.0 Å². The molecule has 0 aromatic carbocycles. The van der Waals surface area contributed by atoms with Crippen LogP contribution in [-0.2, 0) is 27.1 Å². The van der Waals surface area contributed by atoms with Crippen LogP contribution in [0.2, 0.25) is 0 Å².